The fraction of sp³-hybridized carbons (Fsp3) is 0.222. The summed E-state index contributed by atoms with van der Waals surface area (Å²) in [5, 5.41) is 6.58. The summed E-state index contributed by atoms with van der Waals surface area (Å²) in [5.74, 6) is 0.455. The van der Waals surface area contributed by atoms with Gasteiger partial charge in [-0.2, -0.15) is 0 Å². The van der Waals surface area contributed by atoms with Crippen LogP contribution in [-0.4, -0.2) is 9.38 Å². The molecule has 0 fully saturated rings. The van der Waals surface area contributed by atoms with Gasteiger partial charge in [0.25, 0.3) is 0 Å². The van der Waals surface area contributed by atoms with Crippen LogP contribution >= 0.6 is 0 Å². The average Bonchev–Trinajstić information content (AvgIpc) is 3.01. The normalized spacial score (nSPS) is 12.6. The standard InChI is InChI=1S/C27H24N2/c1-14(2)19-13-18-8-9-28-25-21-12-16(4)10-17(5)26(21)29-22-7-6-15(3)11-20(22)24(19)27(29)23(18)25/h6-14H,1-5H3. The molecule has 3 aromatic carbocycles. The van der Waals surface area contributed by atoms with E-state index in [0.29, 0.717) is 5.92 Å². The SMILES string of the molecule is Cc1ccc2c(c1)c1c(C(C)C)cc3ccnc4c5cc(C)cc(C)c5n2c1c34. The van der Waals surface area contributed by atoms with E-state index in [1.807, 2.05) is 6.20 Å². The van der Waals surface area contributed by atoms with Crippen molar-refractivity contribution in [3.63, 3.8) is 0 Å². The Labute approximate surface area is 170 Å². The highest BCUT2D eigenvalue weighted by atomic mass is 14.9. The number of hydrogen-bond acceptors (Lipinski definition) is 1. The van der Waals surface area contributed by atoms with E-state index in [-0.39, 0.29) is 0 Å². The van der Waals surface area contributed by atoms with Gasteiger partial charge < -0.3 is 4.40 Å². The van der Waals surface area contributed by atoms with Crippen molar-refractivity contribution >= 4 is 49.0 Å². The minimum atomic E-state index is 0.455. The molecular weight excluding hydrogens is 352 g/mol. The summed E-state index contributed by atoms with van der Waals surface area (Å²) in [5.41, 5.74) is 10.3. The van der Waals surface area contributed by atoms with E-state index in [0.717, 1.165) is 5.52 Å². The molecule has 0 spiro atoms. The smallest absolute Gasteiger partial charge is 0.0822 e. The van der Waals surface area contributed by atoms with Crippen molar-refractivity contribution in [3.8, 4) is 0 Å². The molecule has 0 aliphatic rings. The highest BCUT2D eigenvalue weighted by molar-refractivity contribution is 6.28. The van der Waals surface area contributed by atoms with Crippen molar-refractivity contribution in [2.75, 3.05) is 0 Å². The third-order valence-corrected chi connectivity index (χ3v) is 6.49. The predicted octanol–water partition coefficient (Wildman–Crippen LogP) is 7.43. The largest absolute Gasteiger partial charge is 0.308 e. The number of pyridine rings is 2. The van der Waals surface area contributed by atoms with Crippen LogP contribution in [-0.2, 0) is 0 Å². The lowest BCUT2D eigenvalue weighted by atomic mass is 9.92. The molecule has 2 heteroatoms. The minimum Gasteiger partial charge on any atom is -0.308 e. The Bertz CT molecular complexity index is 1600. The summed E-state index contributed by atoms with van der Waals surface area (Å²) in [4.78, 5) is 4.89. The predicted molar refractivity (Wildman–Crippen MR) is 125 cm³/mol. The maximum Gasteiger partial charge on any atom is 0.0822 e. The molecule has 0 saturated carbocycles. The van der Waals surface area contributed by atoms with Crippen LogP contribution in [0.25, 0.3) is 49.0 Å². The van der Waals surface area contributed by atoms with Crippen molar-refractivity contribution < 1.29 is 0 Å². The van der Waals surface area contributed by atoms with Crippen LogP contribution in [0.5, 0.6) is 0 Å². The maximum atomic E-state index is 4.89. The van der Waals surface area contributed by atoms with E-state index >= 15 is 0 Å². The van der Waals surface area contributed by atoms with Gasteiger partial charge in [0.15, 0.2) is 0 Å². The van der Waals surface area contributed by atoms with E-state index in [4.69, 9.17) is 4.98 Å². The van der Waals surface area contributed by atoms with E-state index in [9.17, 15) is 0 Å². The van der Waals surface area contributed by atoms with E-state index in [1.165, 1.54) is 65.7 Å². The van der Waals surface area contributed by atoms with Crippen molar-refractivity contribution in [2.24, 2.45) is 0 Å². The fourth-order valence-electron chi connectivity index (χ4n) is 5.35. The summed E-state index contributed by atoms with van der Waals surface area (Å²) in [6.45, 7) is 11.2. The molecule has 0 aliphatic heterocycles. The molecule has 0 radical (unpaired) electrons. The molecule has 0 atom stereocenters. The van der Waals surface area contributed by atoms with Crippen molar-refractivity contribution in [3.05, 3.63) is 70.9 Å². The summed E-state index contributed by atoms with van der Waals surface area (Å²) < 4.78 is 2.51. The van der Waals surface area contributed by atoms with Crippen LogP contribution in [0.4, 0.5) is 0 Å². The van der Waals surface area contributed by atoms with Gasteiger partial charge in [-0.05, 0) is 73.5 Å². The molecule has 0 aliphatic carbocycles. The second-order valence-corrected chi connectivity index (χ2v) is 8.94. The number of fused-ring (bicyclic) bond motifs is 6. The van der Waals surface area contributed by atoms with Gasteiger partial charge in [-0.25, -0.2) is 0 Å². The van der Waals surface area contributed by atoms with Crippen molar-refractivity contribution in [2.45, 2.75) is 40.5 Å². The Morgan fingerprint density at radius 1 is 0.793 bits per heavy atom. The third-order valence-electron chi connectivity index (χ3n) is 6.49. The van der Waals surface area contributed by atoms with Gasteiger partial charge in [0, 0.05) is 27.7 Å². The third kappa shape index (κ3) is 2.04. The first-order valence-electron chi connectivity index (χ1n) is 10.4. The number of benzene rings is 3. The summed E-state index contributed by atoms with van der Waals surface area (Å²) >= 11 is 0. The second kappa shape index (κ2) is 5.48. The average molecular weight is 377 g/mol. The molecule has 0 saturated heterocycles. The summed E-state index contributed by atoms with van der Waals surface area (Å²) in [7, 11) is 0. The highest BCUT2D eigenvalue weighted by Gasteiger charge is 2.23. The number of nitrogens with zero attached hydrogens (tertiary/aromatic N) is 2. The quantitative estimate of drug-likeness (QED) is 0.215. The summed E-state index contributed by atoms with van der Waals surface area (Å²) in [6, 6.07) is 16.1. The van der Waals surface area contributed by atoms with E-state index < -0.39 is 0 Å². The first kappa shape index (κ1) is 16.8. The van der Waals surface area contributed by atoms with Crippen LogP contribution in [0.1, 0.15) is 42.0 Å². The van der Waals surface area contributed by atoms with Gasteiger partial charge in [0.1, 0.15) is 0 Å². The first-order chi connectivity index (χ1) is 14.0. The minimum absolute atomic E-state index is 0.455. The van der Waals surface area contributed by atoms with Crippen molar-refractivity contribution in [1.82, 2.24) is 9.38 Å². The molecule has 3 heterocycles. The van der Waals surface area contributed by atoms with E-state index in [2.05, 4.69) is 81.5 Å². The zero-order valence-corrected chi connectivity index (χ0v) is 17.6. The zero-order chi connectivity index (χ0) is 20.0. The molecule has 29 heavy (non-hydrogen) atoms. The highest BCUT2D eigenvalue weighted by Crippen LogP contribution is 2.44. The Morgan fingerprint density at radius 3 is 2.38 bits per heavy atom. The molecule has 2 nitrogen and oxygen atoms in total. The molecule has 0 N–H and O–H groups in total. The van der Waals surface area contributed by atoms with Crippen LogP contribution in [0, 0.1) is 20.8 Å². The number of aryl methyl sites for hydroxylation is 3. The maximum absolute atomic E-state index is 4.89. The number of aromatic nitrogens is 2. The van der Waals surface area contributed by atoms with Gasteiger partial charge in [0.2, 0.25) is 0 Å². The Balaban J connectivity index is 2.11. The molecule has 6 aromatic rings. The monoisotopic (exact) mass is 376 g/mol. The molecular formula is C27H24N2. The van der Waals surface area contributed by atoms with Gasteiger partial charge in [-0.3, -0.25) is 4.98 Å². The number of rotatable bonds is 1. The molecule has 3 aromatic heterocycles. The molecule has 0 amide bonds. The lowest BCUT2D eigenvalue weighted by Gasteiger charge is -2.17. The Kier molecular flexibility index (Phi) is 3.17. The van der Waals surface area contributed by atoms with Gasteiger partial charge >= 0.3 is 0 Å². The molecule has 0 bridgehead atoms. The topological polar surface area (TPSA) is 17.3 Å². The molecule has 0 unspecified atom stereocenters. The lowest BCUT2D eigenvalue weighted by Crippen LogP contribution is -1.98. The zero-order valence-electron chi connectivity index (χ0n) is 17.6. The molecule has 142 valence electrons. The number of hydrogen-bond donors (Lipinski definition) is 0. The van der Waals surface area contributed by atoms with Crippen LogP contribution in [0.15, 0.2) is 48.7 Å². The second-order valence-electron chi connectivity index (χ2n) is 8.94. The lowest BCUT2D eigenvalue weighted by molar-refractivity contribution is 0.878. The Morgan fingerprint density at radius 2 is 1.59 bits per heavy atom. The van der Waals surface area contributed by atoms with Crippen molar-refractivity contribution in [1.29, 1.82) is 0 Å². The van der Waals surface area contributed by atoms with Crippen LogP contribution in [0.3, 0.4) is 0 Å². The van der Waals surface area contributed by atoms with Gasteiger partial charge in [-0.1, -0.05) is 37.1 Å². The van der Waals surface area contributed by atoms with E-state index in [1.54, 1.807) is 0 Å². The molecule has 6 rings (SSSR count). The van der Waals surface area contributed by atoms with Gasteiger partial charge in [-0.15, -0.1) is 0 Å². The van der Waals surface area contributed by atoms with Crippen LogP contribution in [0.2, 0.25) is 0 Å². The summed E-state index contributed by atoms with van der Waals surface area (Å²) in [6.07, 6.45) is 1.97. The Hall–Kier alpha value is -3.13. The fourth-order valence-corrected chi connectivity index (χ4v) is 5.35. The van der Waals surface area contributed by atoms with Crippen LogP contribution < -0.4 is 0 Å². The first-order valence-corrected chi connectivity index (χ1v) is 10.4. The van der Waals surface area contributed by atoms with Gasteiger partial charge in [0.05, 0.1) is 22.1 Å².